The van der Waals surface area contributed by atoms with Crippen molar-refractivity contribution in [2.75, 3.05) is 23.3 Å². The van der Waals surface area contributed by atoms with Gasteiger partial charge in [-0.2, -0.15) is 5.10 Å². The van der Waals surface area contributed by atoms with Crippen molar-refractivity contribution in [1.29, 1.82) is 0 Å². The number of benzene rings is 1. The molecular formula is C25H28FN5O2. The first kappa shape index (κ1) is 21.4. The number of para-hydroxylation sites is 1. The van der Waals surface area contributed by atoms with Crippen LogP contribution in [-0.2, 0) is 4.74 Å². The number of carbonyl (C=O) groups excluding carboxylic acids is 1. The summed E-state index contributed by atoms with van der Waals surface area (Å²) in [7, 11) is 0. The van der Waals surface area contributed by atoms with E-state index in [2.05, 4.69) is 15.4 Å². The number of nitrogens with zero attached hydrogens (tertiary/aromatic N) is 4. The molecule has 0 atom stereocenters. The molecule has 5 rings (SSSR count). The Balaban J connectivity index is 1.17. The summed E-state index contributed by atoms with van der Waals surface area (Å²) in [5.74, 6) is 0.884. The number of amides is 1. The summed E-state index contributed by atoms with van der Waals surface area (Å²) >= 11 is 0. The molecule has 1 N–H and O–H groups in total. The lowest BCUT2D eigenvalue weighted by atomic mass is 9.78. The zero-order valence-corrected chi connectivity index (χ0v) is 18.9. The molecule has 1 aromatic carbocycles. The highest BCUT2D eigenvalue weighted by Crippen LogP contribution is 2.41. The third-order valence-electron chi connectivity index (χ3n) is 6.63. The van der Waals surface area contributed by atoms with E-state index in [0.717, 1.165) is 55.1 Å². The maximum absolute atomic E-state index is 14.0. The van der Waals surface area contributed by atoms with Gasteiger partial charge in [0.15, 0.2) is 0 Å². The van der Waals surface area contributed by atoms with Crippen LogP contribution in [0.5, 0.6) is 0 Å². The van der Waals surface area contributed by atoms with Gasteiger partial charge in [0.2, 0.25) is 0 Å². The minimum Gasteiger partial charge on any atom is -0.441 e. The van der Waals surface area contributed by atoms with E-state index in [9.17, 15) is 9.18 Å². The summed E-state index contributed by atoms with van der Waals surface area (Å²) in [5.41, 5.74) is 2.66. The average Bonchev–Trinajstić information content (AvgIpc) is 3.38. The van der Waals surface area contributed by atoms with E-state index in [-0.39, 0.29) is 11.9 Å². The molecule has 1 amide bonds. The van der Waals surface area contributed by atoms with Crippen molar-refractivity contribution in [2.45, 2.75) is 45.1 Å². The van der Waals surface area contributed by atoms with Gasteiger partial charge in [-0.25, -0.2) is 13.9 Å². The van der Waals surface area contributed by atoms with Gasteiger partial charge in [-0.15, -0.1) is 0 Å². The maximum atomic E-state index is 14.0. The number of ether oxygens (including phenoxy) is 1. The van der Waals surface area contributed by atoms with Gasteiger partial charge < -0.3 is 10.1 Å². The van der Waals surface area contributed by atoms with Crippen molar-refractivity contribution in [3.8, 4) is 5.69 Å². The van der Waals surface area contributed by atoms with Gasteiger partial charge in [-0.1, -0.05) is 12.1 Å². The van der Waals surface area contributed by atoms with Crippen molar-refractivity contribution in [2.24, 2.45) is 5.92 Å². The molecule has 1 aliphatic carbocycles. The van der Waals surface area contributed by atoms with Crippen molar-refractivity contribution < 1.29 is 13.9 Å². The number of hydrogen-bond donors (Lipinski definition) is 1. The highest BCUT2D eigenvalue weighted by Gasteiger charge is 2.47. The van der Waals surface area contributed by atoms with Crippen LogP contribution >= 0.6 is 0 Å². The number of pyridine rings is 1. The molecule has 1 spiro atoms. The number of hydrogen-bond acceptors (Lipinski definition) is 5. The van der Waals surface area contributed by atoms with Crippen LogP contribution in [0.1, 0.15) is 37.1 Å². The van der Waals surface area contributed by atoms with Crippen LogP contribution in [0.15, 0.2) is 48.7 Å². The lowest BCUT2D eigenvalue weighted by molar-refractivity contribution is 0.0148. The standard InChI is InChI=1S/C25H28FN5O2/c1-17-13-20(14-18(2)28-17)30-16-25(33-24(30)32)10-7-19(8-11-25)15-27-23-9-12-31(29-23)22-6-4-3-5-21(22)26/h3-6,9,12-14,19H,7-8,10-11,15-16H2,1-2H3,(H,27,29). The Labute approximate surface area is 192 Å². The van der Waals surface area contributed by atoms with Gasteiger partial charge in [-0.05, 0) is 69.7 Å². The first-order valence-corrected chi connectivity index (χ1v) is 11.4. The number of rotatable bonds is 5. The molecule has 7 nitrogen and oxygen atoms in total. The summed E-state index contributed by atoms with van der Waals surface area (Å²) in [5, 5.41) is 7.83. The van der Waals surface area contributed by atoms with E-state index in [1.165, 1.54) is 6.07 Å². The molecule has 8 heteroatoms. The molecule has 3 heterocycles. The SMILES string of the molecule is Cc1cc(N2CC3(CCC(CNc4ccn(-c5ccccc5F)n4)CC3)OC2=O)cc(C)n1. The zero-order chi connectivity index (χ0) is 23.0. The van der Waals surface area contributed by atoms with E-state index >= 15 is 0 Å². The van der Waals surface area contributed by atoms with E-state index in [1.54, 1.807) is 34.0 Å². The molecule has 2 aromatic heterocycles. The quantitative estimate of drug-likeness (QED) is 0.592. The number of carbonyl (C=O) groups is 1. The summed E-state index contributed by atoms with van der Waals surface area (Å²) in [6.45, 7) is 5.24. The monoisotopic (exact) mass is 449 g/mol. The highest BCUT2D eigenvalue weighted by atomic mass is 19.1. The van der Waals surface area contributed by atoms with Crippen LogP contribution in [0.4, 0.5) is 20.7 Å². The third kappa shape index (κ3) is 4.42. The van der Waals surface area contributed by atoms with Crippen molar-refractivity contribution in [1.82, 2.24) is 14.8 Å². The number of aromatic nitrogens is 3. The second-order valence-corrected chi connectivity index (χ2v) is 9.17. The largest absolute Gasteiger partial charge is 0.441 e. The van der Waals surface area contributed by atoms with E-state index in [1.807, 2.05) is 32.0 Å². The molecule has 1 aliphatic heterocycles. The number of anilines is 2. The van der Waals surface area contributed by atoms with Crippen LogP contribution in [0.3, 0.4) is 0 Å². The highest BCUT2D eigenvalue weighted by molar-refractivity contribution is 5.90. The number of aryl methyl sites for hydroxylation is 2. The Kier molecular flexibility index (Phi) is 5.52. The van der Waals surface area contributed by atoms with E-state index in [4.69, 9.17) is 4.74 Å². The summed E-state index contributed by atoms with van der Waals surface area (Å²) in [4.78, 5) is 18.8. The molecule has 0 unspecified atom stereocenters. The van der Waals surface area contributed by atoms with Crippen molar-refractivity contribution >= 4 is 17.6 Å². The maximum Gasteiger partial charge on any atom is 0.415 e. The Bertz CT molecular complexity index is 1150. The topological polar surface area (TPSA) is 72.3 Å². The van der Waals surface area contributed by atoms with Gasteiger partial charge in [0.25, 0.3) is 0 Å². The fourth-order valence-electron chi connectivity index (χ4n) is 4.90. The van der Waals surface area contributed by atoms with Crippen LogP contribution in [0.2, 0.25) is 0 Å². The molecule has 33 heavy (non-hydrogen) atoms. The van der Waals surface area contributed by atoms with Gasteiger partial charge in [0.1, 0.15) is 22.9 Å². The van der Waals surface area contributed by atoms with Crippen molar-refractivity contribution in [3.05, 3.63) is 65.9 Å². The summed E-state index contributed by atoms with van der Waals surface area (Å²) in [6, 6.07) is 12.3. The lowest BCUT2D eigenvalue weighted by Gasteiger charge is -2.35. The Hall–Kier alpha value is -3.42. The zero-order valence-electron chi connectivity index (χ0n) is 18.9. The first-order valence-electron chi connectivity index (χ1n) is 11.4. The Morgan fingerprint density at radius 2 is 1.88 bits per heavy atom. The molecule has 1 saturated carbocycles. The third-order valence-corrected chi connectivity index (χ3v) is 6.63. The minimum absolute atomic E-state index is 0.268. The van der Waals surface area contributed by atoms with Crippen LogP contribution in [0.25, 0.3) is 5.69 Å². The van der Waals surface area contributed by atoms with Gasteiger partial charge >= 0.3 is 6.09 Å². The minimum atomic E-state index is -0.412. The van der Waals surface area contributed by atoms with Crippen LogP contribution in [-0.4, -0.2) is 39.5 Å². The first-order chi connectivity index (χ1) is 15.9. The average molecular weight is 450 g/mol. The normalized spacial score (nSPS) is 22.6. The number of halogens is 1. The van der Waals surface area contributed by atoms with Gasteiger partial charge in [0, 0.05) is 30.2 Å². The van der Waals surface area contributed by atoms with Crippen molar-refractivity contribution in [3.63, 3.8) is 0 Å². The fourth-order valence-corrected chi connectivity index (χ4v) is 4.90. The molecule has 3 aromatic rings. The molecule has 1 saturated heterocycles. The van der Waals surface area contributed by atoms with Crippen LogP contribution < -0.4 is 10.2 Å². The Morgan fingerprint density at radius 3 is 2.61 bits per heavy atom. The fraction of sp³-hybridized carbons (Fsp3) is 0.400. The predicted molar refractivity (Wildman–Crippen MR) is 124 cm³/mol. The second-order valence-electron chi connectivity index (χ2n) is 9.17. The Morgan fingerprint density at radius 1 is 1.15 bits per heavy atom. The summed E-state index contributed by atoms with van der Waals surface area (Å²) < 4.78 is 21.4. The molecule has 2 aliphatic rings. The van der Waals surface area contributed by atoms with E-state index < -0.39 is 5.60 Å². The molecule has 172 valence electrons. The molecular weight excluding hydrogens is 421 g/mol. The van der Waals surface area contributed by atoms with Gasteiger partial charge in [0.05, 0.1) is 12.2 Å². The number of nitrogens with one attached hydrogen (secondary N) is 1. The summed E-state index contributed by atoms with van der Waals surface area (Å²) in [6.07, 6.45) is 5.11. The molecule has 0 radical (unpaired) electrons. The van der Waals surface area contributed by atoms with E-state index in [0.29, 0.717) is 18.2 Å². The predicted octanol–water partition coefficient (Wildman–Crippen LogP) is 5.02. The second kappa shape index (κ2) is 8.50. The molecule has 0 bridgehead atoms. The molecule has 2 fully saturated rings. The van der Waals surface area contributed by atoms with Crippen LogP contribution in [0, 0.1) is 25.6 Å². The smallest absolute Gasteiger partial charge is 0.415 e. The van der Waals surface area contributed by atoms with Gasteiger partial charge in [-0.3, -0.25) is 9.88 Å². The lowest BCUT2D eigenvalue weighted by Crippen LogP contribution is -2.39.